The fourth-order valence-corrected chi connectivity index (χ4v) is 3.17. The van der Waals surface area contributed by atoms with Crippen LogP contribution in [0.15, 0.2) is 30.3 Å². The van der Waals surface area contributed by atoms with Crippen LogP contribution in [-0.2, 0) is 6.54 Å². The zero-order valence-electron chi connectivity index (χ0n) is 14.4. The molecule has 134 valence electrons. The second-order valence-corrected chi connectivity index (χ2v) is 7.00. The summed E-state index contributed by atoms with van der Waals surface area (Å²) in [5.41, 5.74) is 7.93. The molecular formula is C18H24ClN5O. The summed E-state index contributed by atoms with van der Waals surface area (Å²) in [7, 11) is 0. The number of nitrogens with two attached hydrogens (primary N) is 1. The van der Waals surface area contributed by atoms with Crippen LogP contribution in [0.5, 0.6) is 0 Å². The van der Waals surface area contributed by atoms with Gasteiger partial charge in [-0.3, -0.25) is 5.32 Å². The van der Waals surface area contributed by atoms with Gasteiger partial charge in [-0.05, 0) is 43.9 Å². The van der Waals surface area contributed by atoms with Crippen LogP contribution < -0.4 is 11.1 Å². The molecule has 6 nitrogen and oxygen atoms in total. The Labute approximate surface area is 152 Å². The van der Waals surface area contributed by atoms with Crippen molar-refractivity contribution in [3.05, 3.63) is 46.6 Å². The molecule has 2 aromatic rings. The van der Waals surface area contributed by atoms with E-state index in [1.54, 1.807) is 4.68 Å². The number of nitrogens with zero attached hydrogens (tertiary/aromatic N) is 3. The fraction of sp³-hybridized carbons (Fsp3) is 0.444. The van der Waals surface area contributed by atoms with E-state index in [1.165, 1.54) is 0 Å². The van der Waals surface area contributed by atoms with Crippen molar-refractivity contribution in [3.8, 4) is 0 Å². The van der Waals surface area contributed by atoms with Crippen LogP contribution in [-0.4, -0.2) is 39.8 Å². The summed E-state index contributed by atoms with van der Waals surface area (Å²) in [6.07, 6.45) is 2.76. The molecule has 0 saturated carbocycles. The number of urea groups is 1. The van der Waals surface area contributed by atoms with Gasteiger partial charge in [-0.1, -0.05) is 23.7 Å². The van der Waals surface area contributed by atoms with Gasteiger partial charge in [0.2, 0.25) is 0 Å². The average molecular weight is 362 g/mol. The number of carbonyl (C=O) groups is 1. The lowest BCUT2D eigenvalue weighted by molar-refractivity contribution is 0.213. The summed E-state index contributed by atoms with van der Waals surface area (Å²) in [6, 6.07) is 9.61. The van der Waals surface area contributed by atoms with Gasteiger partial charge in [0.15, 0.2) is 0 Å². The first-order chi connectivity index (χ1) is 12.0. The molecule has 3 N–H and O–H groups in total. The third-order valence-corrected chi connectivity index (χ3v) is 4.69. The van der Waals surface area contributed by atoms with E-state index in [4.69, 9.17) is 17.3 Å². The van der Waals surface area contributed by atoms with E-state index >= 15 is 0 Å². The zero-order chi connectivity index (χ0) is 17.8. The van der Waals surface area contributed by atoms with Crippen molar-refractivity contribution in [2.45, 2.75) is 38.8 Å². The minimum absolute atomic E-state index is 0.0913. The molecule has 0 aliphatic carbocycles. The Hall–Kier alpha value is -2.05. The summed E-state index contributed by atoms with van der Waals surface area (Å²) in [6.45, 7) is 3.92. The highest BCUT2D eigenvalue weighted by molar-refractivity contribution is 6.30. The van der Waals surface area contributed by atoms with Gasteiger partial charge >= 0.3 is 6.03 Å². The Bertz CT molecular complexity index is 728. The lowest BCUT2D eigenvalue weighted by atomic mass is 10.1. The van der Waals surface area contributed by atoms with E-state index in [-0.39, 0.29) is 12.1 Å². The molecular weight excluding hydrogens is 338 g/mol. The van der Waals surface area contributed by atoms with Gasteiger partial charge in [-0.15, -0.1) is 0 Å². The highest BCUT2D eigenvalue weighted by Crippen LogP contribution is 2.17. The minimum Gasteiger partial charge on any atom is -0.328 e. The molecule has 7 heteroatoms. The smallest absolute Gasteiger partial charge is 0.323 e. The van der Waals surface area contributed by atoms with Crippen molar-refractivity contribution in [3.63, 3.8) is 0 Å². The fourth-order valence-electron chi connectivity index (χ4n) is 3.04. The summed E-state index contributed by atoms with van der Waals surface area (Å²) >= 11 is 5.93. The van der Waals surface area contributed by atoms with Crippen LogP contribution in [0.2, 0.25) is 5.02 Å². The third-order valence-electron chi connectivity index (χ3n) is 4.44. The lowest BCUT2D eigenvalue weighted by Gasteiger charge is -2.21. The molecule has 1 aromatic heterocycles. The predicted molar refractivity (Wildman–Crippen MR) is 99.9 cm³/mol. The van der Waals surface area contributed by atoms with Crippen molar-refractivity contribution in [1.29, 1.82) is 0 Å². The first-order valence-corrected chi connectivity index (χ1v) is 8.99. The van der Waals surface area contributed by atoms with Gasteiger partial charge in [-0.25, -0.2) is 9.48 Å². The Morgan fingerprint density at radius 2 is 2.08 bits per heavy atom. The van der Waals surface area contributed by atoms with E-state index in [0.717, 1.165) is 37.1 Å². The monoisotopic (exact) mass is 361 g/mol. The van der Waals surface area contributed by atoms with Crippen molar-refractivity contribution in [1.82, 2.24) is 14.7 Å². The van der Waals surface area contributed by atoms with Gasteiger partial charge < -0.3 is 10.6 Å². The van der Waals surface area contributed by atoms with E-state index < -0.39 is 0 Å². The maximum atomic E-state index is 12.6. The van der Waals surface area contributed by atoms with Gasteiger partial charge in [0.1, 0.15) is 5.82 Å². The van der Waals surface area contributed by atoms with Gasteiger partial charge in [0, 0.05) is 30.2 Å². The lowest BCUT2D eigenvalue weighted by Crippen LogP contribution is -2.36. The number of halogens is 1. The zero-order valence-corrected chi connectivity index (χ0v) is 15.2. The molecule has 2 heterocycles. The quantitative estimate of drug-likeness (QED) is 0.881. The number of aryl methyl sites for hydroxylation is 1. The highest BCUT2D eigenvalue weighted by Gasteiger charge is 2.20. The molecule has 2 amide bonds. The number of nitrogens with one attached hydrogen (secondary N) is 1. The van der Waals surface area contributed by atoms with E-state index in [2.05, 4.69) is 10.4 Å². The van der Waals surface area contributed by atoms with Crippen LogP contribution in [0.1, 0.15) is 30.5 Å². The first kappa shape index (κ1) is 17.8. The van der Waals surface area contributed by atoms with E-state index in [1.807, 2.05) is 42.2 Å². The molecule has 3 rings (SSSR count). The van der Waals surface area contributed by atoms with Crippen molar-refractivity contribution >= 4 is 23.4 Å². The van der Waals surface area contributed by atoms with Crippen LogP contribution in [0.3, 0.4) is 0 Å². The number of rotatable bonds is 3. The predicted octanol–water partition coefficient (Wildman–Crippen LogP) is 3.24. The maximum Gasteiger partial charge on any atom is 0.323 e. The number of anilines is 1. The third kappa shape index (κ3) is 4.74. The number of carbonyl (C=O) groups excluding carboxylic acids is 1. The molecule has 1 fully saturated rings. The van der Waals surface area contributed by atoms with Gasteiger partial charge in [0.25, 0.3) is 0 Å². The molecule has 0 unspecified atom stereocenters. The molecule has 1 atom stereocenters. The first-order valence-electron chi connectivity index (χ1n) is 8.61. The number of benzene rings is 1. The van der Waals surface area contributed by atoms with E-state index in [9.17, 15) is 4.79 Å². The van der Waals surface area contributed by atoms with Crippen LogP contribution in [0.4, 0.5) is 10.6 Å². The molecule has 1 aliphatic heterocycles. The van der Waals surface area contributed by atoms with Crippen molar-refractivity contribution in [2.24, 2.45) is 5.73 Å². The van der Waals surface area contributed by atoms with Crippen molar-refractivity contribution < 1.29 is 4.79 Å². The average Bonchev–Trinajstić information content (AvgIpc) is 2.78. The molecule has 0 spiro atoms. The topological polar surface area (TPSA) is 76.2 Å². The molecule has 0 bridgehead atoms. The van der Waals surface area contributed by atoms with Gasteiger partial charge in [-0.2, -0.15) is 5.10 Å². The minimum atomic E-state index is -0.0913. The Morgan fingerprint density at radius 1 is 1.32 bits per heavy atom. The summed E-state index contributed by atoms with van der Waals surface area (Å²) < 4.78 is 1.81. The Balaban J connectivity index is 1.69. The van der Waals surface area contributed by atoms with Crippen LogP contribution in [0.25, 0.3) is 0 Å². The number of amides is 2. The number of aromatic nitrogens is 2. The Morgan fingerprint density at radius 3 is 2.84 bits per heavy atom. The standard InChI is InChI=1S/C18H24ClN5O/c1-13-11-17(21-18(25)23-9-2-3-16(20)8-10-23)24(22-13)12-14-4-6-15(19)7-5-14/h4-7,11,16H,2-3,8-10,12,20H2,1H3,(H,21,25)/t16-/m0/s1. The molecule has 1 aromatic carbocycles. The number of hydrogen-bond donors (Lipinski definition) is 2. The second-order valence-electron chi connectivity index (χ2n) is 6.56. The maximum absolute atomic E-state index is 12.6. The number of likely N-dealkylation sites (tertiary alicyclic amines) is 1. The molecule has 1 aliphatic rings. The van der Waals surface area contributed by atoms with E-state index in [0.29, 0.717) is 23.9 Å². The highest BCUT2D eigenvalue weighted by atomic mass is 35.5. The second kappa shape index (κ2) is 7.89. The molecule has 1 saturated heterocycles. The van der Waals surface area contributed by atoms with Crippen LogP contribution >= 0.6 is 11.6 Å². The molecule has 0 radical (unpaired) electrons. The number of hydrogen-bond acceptors (Lipinski definition) is 3. The summed E-state index contributed by atoms with van der Waals surface area (Å²) in [5, 5.41) is 8.19. The SMILES string of the molecule is Cc1cc(NC(=O)N2CCC[C@H](N)CC2)n(Cc2ccc(Cl)cc2)n1. The van der Waals surface area contributed by atoms with Gasteiger partial charge in [0.05, 0.1) is 12.2 Å². The van der Waals surface area contributed by atoms with Crippen molar-refractivity contribution in [2.75, 3.05) is 18.4 Å². The largest absolute Gasteiger partial charge is 0.328 e. The Kier molecular flexibility index (Phi) is 5.60. The molecule has 25 heavy (non-hydrogen) atoms. The summed E-state index contributed by atoms with van der Waals surface area (Å²) in [4.78, 5) is 14.4. The normalized spacial score (nSPS) is 18.0. The van der Waals surface area contributed by atoms with Crippen LogP contribution in [0, 0.1) is 6.92 Å². The summed E-state index contributed by atoms with van der Waals surface area (Å²) in [5.74, 6) is 0.700.